The molecule has 0 heterocycles. The molecule has 0 unspecified atom stereocenters. The van der Waals surface area contributed by atoms with Crippen LogP contribution in [0.5, 0.6) is 11.5 Å². The van der Waals surface area contributed by atoms with Crippen molar-refractivity contribution in [2.24, 2.45) is 0 Å². The number of amides is 2. The normalized spacial score (nSPS) is 10.1. The third kappa shape index (κ3) is 4.99. The molecule has 138 valence electrons. The van der Waals surface area contributed by atoms with Crippen LogP contribution in [0, 0.1) is 0 Å². The SMILES string of the molecule is CCCCC(=O)Nc1ccc(NC(=O)c2ccccc2OC)cc1OC. The second-order valence-electron chi connectivity index (χ2n) is 5.72. The maximum atomic E-state index is 12.5. The first-order valence-electron chi connectivity index (χ1n) is 8.51. The first-order chi connectivity index (χ1) is 12.6. The quantitative estimate of drug-likeness (QED) is 0.747. The van der Waals surface area contributed by atoms with E-state index in [1.165, 1.54) is 14.2 Å². The lowest BCUT2D eigenvalue weighted by atomic mass is 10.1. The van der Waals surface area contributed by atoms with Crippen molar-refractivity contribution in [3.8, 4) is 11.5 Å². The van der Waals surface area contributed by atoms with E-state index in [4.69, 9.17) is 9.47 Å². The lowest BCUT2D eigenvalue weighted by Gasteiger charge is -2.13. The van der Waals surface area contributed by atoms with Crippen LogP contribution in [0.25, 0.3) is 0 Å². The molecule has 0 bridgehead atoms. The Morgan fingerprint density at radius 2 is 1.69 bits per heavy atom. The Morgan fingerprint density at radius 3 is 2.38 bits per heavy atom. The van der Waals surface area contributed by atoms with Gasteiger partial charge in [-0.3, -0.25) is 9.59 Å². The van der Waals surface area contributed by atoms with Gasteiger partial charge in [-0.1, -0.05) is 25.5 Å². The van der Waals surface area contributed by atoms with Gasteiger partial charge in [0.2, 0.25) is 5.91 Å². The third-order valence-corrected chi connectivity index (χ3v) is 3.84. The Bertz CT molecular complexity index is 774. The van der Waals surface area contributed by atoms with Crippen LogP contribution in [0.15, 0.2) is 42.5 Å². The van der Waals surface area contributed by atoms with E-state index in [-0.39, 0.29) is 11.8 Å². The molecule has 6 nitrogen and oxygen atoms in total. The van der Waals surface area contributed by atoms with Crippen molar-refractivity contribution < 1.29 is 19.1 Å². The molecule has 26 heavy (non-hydrogen) atoms. The number of carbonyl (C=O) groups excluding carboxylic acids is 2. The number of carbonyl (C=O) groups is 2. The summed E-state index contributed by atoms with van der Waals surface area (Å²) >= 11 is 0. The van der Waals surface area contributed by atoms with Crippen LogP contribution in [-0.2, 0) is 4.79 Å². The number of rotatable bonds is 8. The maximum Gasteiger partial charge on any atom is 0.259 e. The number of ether oxygens (including phenoxy) is 2. The molecule has 0 saturated carbocycles. The number of anilines is 2. The fraction of sp³-hybridized carbons (Fsp3) is 0.300. The second kappa shape index (κ2) is 9.46. The van der Waals surface area contributed by atoms with Gasteiger partial charge in [-0.25, -0.2) is 0 Å². The van der Waals surface area contributed by atoms with E-state index in [0.717, 1.165) is 12.8 Å². The van der Waals surface area contributed by atoms with Crippen LogP contribution in [-0.4, -0.2) is 26.0 Å². The van der Waals surface area contributed by atoms with Crippen LogP contribution in [0.3, 0.4) is 0 Å². The first-order valence-corrected chi connectivity index (χ1v) is 8.51. The van der Waals surface area contributed by atoms with Crippen molar-refractivity contribution in [3.05, 3.63) is 48.0 Å². The fourth-order valence-corrected chi connectivity index (χ4v) is 2.45. The van der Waals surface area contributed by atoms with Crippen molar-refractivity contribution in [3.63, 3.8) is 0 Å². The van der Waals surface area contributed by atoms with Crippen molar-refractivity contribution >= 4 is 23.2 Å². The van der Waals surface area contributed by atoms with Gasteiger partial charge in [0.25, 0.3) is 5.91 Å². The maximum absolute atomic E-state index is 12.5. The molecule has 2 aromatic rings. The second-order valence-corrected chi connectivity index (χ2v) is 5.72. The Morgan fingerprint density at radius 1 is 0.962 bits per heavy atom. The molecule has 2 rings (SSSR count). The molecule has 0 fully saturated rings. The lowest BCUT2D eigenvalue weighted by molar-refractivity contribution is -0.116. The molecule has 2 N–H and O–H groups in total. The van der Waals surface area contributed by atoms with Crippen LogP contribution >= 0.6 is 0 Å². The molecule has 0 atom stereocenters. The molecular formula is C20H24N2O4. The van der Waals surface area contributed by atoms with Crippen molar-refractivity contribution in [2.75, 3.05) is 24.9 Å². The number of nitrogens with one attached hydrogen (secondary N) is 2. The summed E-state index contributed by atoms with van der Waals surface area (Å²) in [6.07, 6.45) is 2.26. The minimum Gasteiger partial charge on any atom is -0.496 e. The molecule has 0 aliphatic rings. The van der Waals surface area contributed by atoms with Gasteiger partial charge >= 0.3 is 0 Å². The minimum absolute atomic E-state index is 0.0593. The van der Waals surface area contributed by atoms with Crippen molar-refractivity contribution in [1.82, 2.24) is 0 Å². The topological polar surface area (TPSA) is 76.7 Å². The highest BCUT2D eigenvalue weighted by Crippen LogP contribution is 2.29. The van der Waals surface area contributed by atoms with E-state index in [2.05, 4.69) is 10.6 Å². The molecule has 0 spiro atoms. The molecule has 0 aliphatic carbocycles. The van der Waals surface area contributed by atoms with Gasteiger partial charge in [-0.05, 0) is 30.7 Å². The highest BCUT2D eigenvalue weighted by molar-refractivity contribution is 6.06. The monoisotopic (exact) mass is 356 g/mol. The lowest BCUT2D eigenvalue weighted by Crippen LogP contribution is -2.14. The number of hydrogen-bond acceptors (Lipinski definition) is 4. The van der Waals surface area contributed by atoms with E-state index >= 15 is 0 Å². The summed E-state index contributed by atoms with van der Waals surface area (Å²) in [5.41, 5.74) is 1.57. The molecule has 0 saturated heterocycles. The van der Waals surface area contributed by atoms with Crippen LogP contribution in [0.2, 0.25) is 0 Å². The van der Waals surface area contributed by atoms with Gasteiger partial charge in [0.05, 0.1) is 25.5 Å². The highest BCUT2D eigenvalue weighted by atomic mass is 16.5. The van der Waals surface area contributed by atoms with Crippen LogP contribution in [0.4, 0.5) is 11.4 Å². The standard InChI is InChI=1S/C20H24N2O4/c1-4-5-10-19(23)22-16-12-11-14(13-18(16)26-3)21-20(24)15-8-6-7-9-17(15)25-2/h6-9,11-13H,4-5,10H2,1-3H3,(H,21,24)(H,22,23). The van der Waals surface area contributed by atoms with Gasteiger partial charge < -0.3 is 20.1 Å². The van der Waals surface area contributed by atoms with Gasteiger partial charge in [-0.2, -0.15) is 0 Å². The van der Waals surface area contributed by atoms with Gasteiger partial charge in [0, 0.05) is 18.2 Å². The van der Waals surface area contributed by atoms with Crippen LogP contribution < -0.4 is 20.1 Å². The number of methoxy groups -OCH3 is 2. The van der Waals surface area contributed by atoms with Gasteiger partial charge in [0.1, 0.15) is 11.5 Å². The zero-order valence-corrected chi connectivity index (χ0v) is 15.3. The predicted octanol–water partition coefficient (Wildman–Crippen LogP) is 4.08. The van der Waals surface area contributed by atoms with Gasteiger partial charge in [-0.15, -0.1) is 0 Å². The van der Waals surface area contributed by atoms with Crippen LogP contribution in [0.1, 0.15) is 36.5 Å². The summed E-state index contributed by atoms with van der Waals surface area (Å²) in [7, 11) is 3.04. The number of hydrogen-bond donors (Lipinski definition) is 2. The molecule has 2 amide bonds. The van der Waals surface area contributed by atoms with Gasteiger partial charge in [0.15, 0.2) is 0 Å². The molecule has 0 radical (unpaired) electrons. The highest BCUT2D eigenvalue weighted by Gasteiger charge is 2.13. The summed E-state index contributed by atoms with van der Waals surface area (Å²) in [4.78, 5) is 24.4. The van der Waals surface area contributed by atoms with E-state index in [9.17, 15) is 9.59 Å². The van der Waals surface area contributed by atoms with E-state index in [0.29, 0.717) is 34.9 Å². The zero-order valence-electron chi connectivity index (χ0n) is 15.3. The van der Waals surface area contributed by atoms with E-state index in [1.54, 1.807) is 42.5 Å². The molecule has 2 aromatic carbocycles. The Kier molecular flexibility index (Phi) is 7.02. The number of unbranched alkanes of at least 4 members (excludes halogenated alkanes) is 1. The summed E-state index contributed by atoms with van der Waals surface area (Å²) in [5.74, 6) is 0.629. The summed E-state index contributed by atoms with van der Waals surface area (Å²) in [6, 6.07) is 12.1. The zero-order chi connectivity index (χ0) is 18.9. The Labute approximate surface area is 153 Å². The number of para-hydroxylation sites is 1. The van der Waals surface area contributed by atoms with E-state index in [1.807, 2.05) is 6.92 Å². The number of benzene rings is 2. The molecule has 6 heteroatoms. The Hall–Kier alpha value is -3.02. The fourth-order valence-electron chi connectivity index (χ4n) is 2.45. The average molecular weight is 356 g/mol. The largest absolute Gasteiger partial charge is 0.496 e. The minimum atomic E-state index is -0.288. The summed E-state index contributed by atoms with van der Waals surface area (Å²) in [6.45, 7) is 2.03. The van der Waals surface area contributed by atoms with E-state index < -0.39 is 0 Å². The van der Waals surface area contributed by atoms with Crippen molar-refractivity contribution in [2.45, 2.75) is 26.2 Å². The summed E-state index contributed by atoms with van der Waals surface area (Å²) in [5, 5.41) is 5.64. The van der Waals surface area contributed by atoms with Crippen molar-refractivity contribution in [1.29, 1.82) is 0 Å². The molecular weight excluding hydrogens is 332 g/mol. The Balaban J connectivity index is 2.13. The summed E-state index contributed by atoms with van der Waals surface area (Å²) < 4.78 is 10.5. The first kappa shape index (κ1) is 19.3. The third-order valence-electron chi connectivity index (χ3n) is 3.84. The predicted molar refractivity (Wildman–Crippen MR) is 102 cm³/mol. The smallest absolute Gasteiger partial charge is 0.259 e. The molecule has 0 aromatic heterocycles. The average Bonchev–Trinajstić information content (AvgIpc) is 2.67. The molecule has 0 aliphatic heterocycles.